The van der Waals surface area contributed by atoms with E-state index in [9.17, 15) is 4.79 Å². The molecule has 0 saturated heterocycles. The van der Waals surface area contributed by atoms with Gasteiger partial charge in [-0.05, 0) is 17.7 Å². The molecule has 1 aromatic rings. The maximum atomic E-state index is 10.1. The Morgan fingerprint density at radius 2 is 1.92 bits per heavy atom. The number of carbonyl (C=O) groups is 1. The van der Waals surface area contributed by atoms with E-state index in [0.717, 1.165) is 5.56 Å². The van der Waals surface area contributed by atoms with Crippen LogP contribution in [0.25, 0.3) is 0 Å². The molecule has 0 heterocycles. The van der Waals surface area contributed by atoms with Crippen LogP contribution in [-0.2, 0) is 16.4 Å². The average Bonchev–Trinajstić information content (AvgIpc) is 2.08. The van der Waals surface area contributed by atoms with Gasteiger partial charge in [-0.3, -0.25) is 4.89 Å². The van der Waals surface area contributed by atoms with Crippen molar-refractivity contribution in [3.8, 4) is 0 Å². The van der Waals surface area contributed by atoms with Crippen molar-refractivity contribution >= 4 is 11.8 Å². The SMILES string of the molecule is NC(=O)OOCc1ccc(N)cc1. The van der Waals surface area contributed by atoms with E-state index in [2.05, 4.69) is 15.5 Å². The Morgan fingerprint density at radius 3 is 2.46 bits per heavy atom. The Bertz CT molecular complexity index is 284. The second-order valence-corrected chi connectivity index (χ2v) is 2.41. The number of rotatable bonds is 3. The van der Waals surface area contributed by atoms with Crippen LogP contribution in [0.2, 0.25) is 0 Å². The predicted octanol–water partition coefficient (Wildman–Crippen LogP) is 0.796. The van der Waals surface area contributed by atoms with Crippen molar-refractivity contribution in [3.05, 3.63) is 29.8 Å². The number of primary amides is 1. The lowest BCUT2D eigenvalue weighted by molar-refractivity contribution is -0.246. The van der Waals surface area contributed by atoms with Gasteiger partial charge in [0.05, 0.1) is 0 Å². The molecule has 0 saturated carbocycles. The molecule has 4 N–H and O–H groups in total. The van der Waals surface area contributed by atoms with E-state index >= 15 is 0 Å². The smallest absolute Gasteiger partial charge is 0.399 e. The molecule has 1 amide bonds. The van der Waals surface area contributed by atoms with Crippen LogP contribution in [0.3, 0.4) is 0 Å². The number of nitrogens with two attached hydrogens (primary N) is 2. The quantitative estimate of drug-likeness (QED) is 0.411. The second kappa shape index (κ2) is 4.32. The van der Waals surface area contributed by atoms with E-state index in [0.29, 0.717) is 5.69 Å². The third kappa shape index (κ3) is 3.44. The lowest BCUT2D eigenvalue weighted by Gasteiger charge is -2.01. The predicted molar refractivity (Wildman–Crippen MR) is 46.3 cm³/mol. The zero-order valence-electron chi connectivity index (χ0n) is 6.90. The molecule has 0 unspecified atom stereocenters. The topological polar surface area (TPSA) is 87.6 Å². The Kier molecular flexibility index (Phi) is 3.10. The van der Waals surface area contributed by atoms with Gasteiger partial charge in [-0.1, -0.05) is 12.1 Å². The third-order valence-corrected chi connectivity index (χ3v) is 1.35. The van der Waals surface area contributed by atoms with Crippen LogP contribution in [0.1, 0.15) is 5.56 Å². The Morgan fingerprint density at radius 1 is 1.31 bits per heavy atom. The molecular weight excluding hydrogens is 172 g/mol. The molecule has 1 aromatic carbocycles. The molecule has 0 fully saturated rings. The number of anilines is 1. The summed E-state index contributed by atoms with van der Waals surface area (Å²) in [4.78, 5) is 18.7. The minimum atomic E-state index is -0.963. The molecule has 0 aliphatic heterocycles. The van der Waals surface area contributed by atoms with Crippen molar-refractivity contribution < 1.29 is 14.6 Å². The highest BCUT2D eigenvalue weighted by Gasteiger charge is 1.96. The average molecular weight is 182 g/mol. The molecule has 13 heavy (non-hydrogen) atoms. The highest BCUT2D eigenvalue weighted by molar-refractivity contribution is 5.63. The number of hydrogen-bond donors (Lipinski definition) is 2. The summed E-state index contributed by atoms with van der Waals surface area (Å²) in [5, 5.41) is 0. The molecule has 1 rings (SSSR count). The number of amides is 1. The first-order valence-corrected chi connectivity index (χ1v) is 3.62. The Balaban J connectivity index is 2.37. The minimum Gasteiger partial charge on any atom is -0.399 e. The number of hydrogen-bond acceptors (Lipinski definition) is 4. The van der Waals surface area contributed by atoms with Gasteiger partial charge in [-0.15, -0.1) is 0 Å². The zero-order valence-corrected chi connectivity index (χ0v) is 6.90. The first-order chi connectivity index (χ1) is 6.18. The monoisotopic (exact) mass is 182 g/mol. The first kappa shape index (κ1) is 9.34. The van der Waals surface area contributed by atoms with E-state index in [4.69, 9.17) is 5.73 Å². The van der Waals surface area contributed by atoms with E-state index < -0.39 is 6.09 Å². The molecule has 0 bridgehead atoms. The van der Waals surface area contributed by atoms with Crippen molar-refractivity contribution in [1.82, 2.24) is 0 Å². The van der Waals surface area contributed by atoms with Gasteiger partial charge in [0, 0.05) is 5.69 Å². The summed E-state index contributed by atoms with van der Waals surface area (Å²) in [6.07, 6.45) is -0.963. The van der Waals surface area contributed by atoms with Crippen LogP contribution in [0.5, 0.6) is 0 Å². The summed E-state index contributed by atoms with van der Waals surface area (Å²) in [6.45, 7) is 0.156. The molecule has 0 aliphatic rings. The molecule has 0 atom stereocenters. The molecule has 0 radical (unpaired) electrons. The van der Waals surface area contributed by atoms with Gasteiger partial charge in [0.25, 0.3) is 0 Å². The second-order valence-electron chi connectivity index (χ2n) is 2.41. The van der Waals surface area contributed by atoms with Crippen molar-refractivity contribution in [3.63, 3.8) is 0 Å². The van der Waals surface area contributed by atoms with Crippen LogP contribution in [0, 0.1) is 0 Å². The zero-order chi connectivity index (χ0) is 9.68. The van der Waals surface area contributed by atoms with E-state index in [1.54, 1.807) is 24.3 Å². The van der Waals surface area contributed by atoms with Gasteiger partial charge >= 0.3 is 6.09 Å². The van der Waals surface area contributed by atoms with Crippen LogP contribution < -0.4 is 11.5 Å². The Hall–Kier alpha value is -1.75. The Labute approximate surface area is 75.2 Å². The summed E-state index contributed by atoms with van der Waals surface area (Å²) in [7, 11) is 0. The highest BCUT2D eigenvalue weighted by Crippen LogP contribution is 2.06. The summed E-state index contributed by atoms with van der Waals surface area (Å²) in [5.74, 6) is 0. The molecule has 0 aromatic heterocycles. The lowest BCUT2D eigenvalue weighted by Crippen LogP contribution is -2.13. The van der Waals surface area contributed by atoms with Gasteiger partial charge in [0.1, 0.15) is 6.61 Å². The molecule has 0 aliphatic carbocycles. The molecular formula is C8H10N2O3. The summed E-state index contributed by atoms with van der Waals surface area (Å²) in [5.41, 5.74) is 11.6. The van der Waals surface area contributed by atoms with E-state index in [1.807, 2.05) is 0 Å². The maximum absolute atomic E-state index is 10.1. The van der Waals surface area contributed by atoms with Crippen molar-refractivity contribution in [2.75, 3.05) is 5.73 Å². The van der Waals surface area contributed by atoms with Gasteiger partial charge in [-0.2, -0.15) is 4.89 Å². The van der Waals surface area contributed by atoms with Crippen molar-refractivity contribution in [2.45, 2.75) is 6.61 Å². The van der Waals surface area contributed by atoms with Gasteiger partial charge in [0.15, 0.2) is 0 Å². The largest absolute Gasteiger partial charge is 0.436 e. The van der Waals surface area contributed by atoms with Crippen LogP contribution in [0.15, 0.2) is 24.3 Å². The van der Waals surface area contributed by atoms with Gasteiger partial charge in [0.2, 0.25) is 0 Å². The van der Waals surface area contributed by atoms with Crippen LogP contribution in [0.4, 0.5) is 10.5 Å². The fraction of sp³-hybridized carbons (Fsp3) is 0.125. The fourth-order valence-corrected chi connectivity index (χ4v) is 0.769. The lowest BCUT2D eigenvalue weighted by atomic mass is 10.2. The summed E-state index contributed by atoms with van der Waals surface area (Å²) in [6, 6.07) is 6.98. The van der Waals surface area contributed by atoms with Gasteiger partial charge < -0.3 is 11.5 Å². The van der Waals surface area contributed by atoms with Crippen LogP contribution in [-0.4, -0.2) is 6.09 Å². The maximum Gasteiger partial charge on any atom is 0.436 e. The number of benzene rings is 1. The fourth-order valence-electron chi connectivity index (χ4n) is 0.769. The molecule has 5 heteroatoms. The standard InChI is InChI=1S/C8H10N2O3/c9-7-3-1-6(2-4-7)5-12-13-8(10)11/h1-4H,5,9H2,(H2,10,11). The molecule has 5 nitrogen and oxygen atoms in total. The highest BCUT2D eigenvalue weighted by atomic mass is 17.2. The van der Waals surface area contributed by atoms with E-state index in [-0.39, 0.29) is 6.61 Å². The summed E-state index contributed by atoms with van der Waals surface area (Å²) < 4.78 is 0. The van der Waals surface area contributed by atoms with Gasteiger partial charge in [-0.25, -0.2) is 4.79 Å². The molecule has 70 valence electrons. The minimum absolute atomic E-state index is 0.156. The normalized spacial score (nSPS) is 9.54. The number of nitrogen functional groups attached to an aromatic ring is 1. The number of carbonyl (C=O) groups excluding carboxylic acids is 1. The van der Waals surface area contributed by atoms with Crippen molar-refractivity contribution in [1.29, 1.82) is 0 Å². The third-order valence-electron chi connectivity index (χ3n) is 1.35. The van der Waals surface area contributed by atoms with E-state index in [1.165, 1.54) is 0 Å². The molecule has 0 spiro atoms. The first-order valence-electron chi connectivity index (χ1n) is 3.62. The van der Waals surface area contributed by atoms with Crippen LogP contribution >= 0.6 is 0 Å². The van der Waals surface area contributed by atoms with Crippen molar-refractivity contribution in [2.24, 2.45) is 5.73 Å². The summed E-state index contributed by atoms with van der Waals surface area (Å²) >= 11 is 0.